The lowest BCUT2D eigenvalue weighted by molar-refractivity contribution is -0.141. The van der Waals surface area contributed by atoms with Gasteiger partial charge in [-0.2, -0.15) is 0 Å². The second-order valence-corrected chi connectivity index (χ2v) is 27.1. The van der Waals surface area contributed by atoms with Crippen molar-refractivity contribution in [2.45, 2.75) is 134 Å². The SMILES string of the molecule is C=CC(=O)OCCCCCCOc1ccc(OC(=O)C2CCCC(COc3ccc4c5ccc(OCC6CCC(C(=O)Oc7ccc(OCCCOCCCC8CCC9OC9C8)cc7)CC6)cc5c5nc6cc(-c7cccc(OCCOCCOC(=O)C=C)c7)ccc6nc5c4c3)CC2)cc1. The van der Waals surface area contributed by atoms with Gasteiger partial charge in [-0.15, -0.1) is 0 Å². The lowest BCUT2D eigenvalue weighted by atomic mass is 9.82. The monoisotopic (exact) mass is 1370 g/mol. The smallest absolute Gasteiger partial charge is 0.330 e. The zero-order chi connectivity index (χ0) is 69.5. The molecule has 0 bridgehead atoms. The van der Waals surface area contributed by atoms with Gasteiger partial charge in [0.25, 0.3) is 0 Å². The molecule has 1 saturated heterocycles. The van der Waals surface area contributed by atoms with Crippen LogP contribution in [0.2, 0.25) is 0 Å². The molecule has 8 aromatic rings. The molecule has 7 aromatic carbocycles. The number of rotatable bonds is 37. The molecule has 2 heterocycles. The summed E-state index contributed by atoms with van der Waals surface area (Å²) in [5, 5.41) is 3.84. The normalized spacial score (nSPS) is 19.5. The fourth-order valence-electron chi connectivity index (χ4n) is 14.1. The molecule has 0 spiro atoms. The molecule has 3 aliphatic carbocycles. The Morgan fingerprint density at radius 1 is 0.406 bits per heavy atom. The number of fused-ring (bicyclic) bond motifs is 8. The Labute approximate surface area is 591 Å². The quantitative estimate of drug-likeness (QED) is 0.00518. The maximum atomic E-state index is 13.5. The van der Waals surface area contributed by atoms with Crippen LogP contribution in [-0.2, 0) is 42.9 Å². The minimum atomic E-state index is -0.489. The van der Waals surface area contributed by atoms with Gasteiger partial charge in [-0.05, 0) is 258 Å². The molecule has 4 aliphatic rings. The first-order valence-electron chi connectivity index (χ1n) is 36.5. The number of carbonyl (C=O) groups is 4. The first kappa shape index (κ1) is 71.7. The predicted octanol–water partition coefficient (Wildman–Crippen LogP) is 16.7. The van der Waals surface area contributed by atoms with E-state index in [1.165, 1.54) is 31.8 Å². The number of carbonyl (C=O) groups excluding carboxylic acids is 4. The van der Waals surface area contributed by atoms with Gasteiger partial charge in [-0.1, -0.05) is 37.8 Å². The summed E-state index contributed by atoms with van der Waals surface area (Å²) in [5.74, 6) is 4.20. The first-order chi connectivity index (χ1) is 49.6. The number of benzene rings is 7. The molecular formula is C83H94N2O16. The second-order valence-electron chi connectivity index (χ2n) is 27.1. The van der Waals surface area contributed by atoms with Crippen molar-refractivity contribution < 1.29 is 76.0 Å². The van der Waals surface area contributed by atoms with E-state index >= 15 is 0 Å². The molecule has 12 rings (SSSR count). The maximum absolute atomic E-state index is 13.5. The average Bonchev–Trinajstić information content (AvgIpc) is 1.69. The van der Waals surface area contributed by atoms with Crippen LogP contribution in [0.1, 0.15) is 122 Å². The fraction of sp³-hybridized carbons (Fsp3) is 0.446. The zero-order valence-electron chi connectivity index (χ0n) is 57.9. The highest BCUT2D eigenvalue weighted by Crippen LogP contribution is 2.42. The van der Waals surface area contributed by atoms with Crippen LogP contribution in [0.3, 0.4) is 0 Å². The molecule has 532 valence electrons. The Bertz CT molecular complexity index is 4090. The van der Waals surface area contributed by atoms with Crippen LogP contribution in [0.5, 0.6) is 40.2 Å². The fourth-order valence-corrected chi connectivity index (χ4v) is 14.1. The van der Waals surface area contributed by atoms with Crippen molar-refractivity contribution in [1.82, 2.24) is 9.97 Å². The van der Waals surface area contributed by atoms with Gasteiger partial charge in [0.2, 0.25) is 0 Å². The van der Waals surface area contributed by atoms with Crippen molar-refractivity contribution in [2.24, 2.45) is 29.6 Å². The molecular weight excluding hydrogens is 1280 g/mol. The van der Waals surface area contributed by atoms with E-state index < -0.39 is 11.9 Å². The Morgan fingerprint density at radius 2 is 0.931 bits per heavy atom. The summed E-state index contributed by atoms with van der Waals surface area (Å²) in [5.41, 5.74) is 4.83. The molecule has 1 aliphatic heterocycles. The third-order valence-corrected chi connectivity index (χ3v) is 19.8. The Hall–Kier alpha value is -9.10. The van der Waals surface area contributed by atoms with E-state index in [2.05, 4.69) is 43.5 Å². The lowest BCUT2D eigenvalue weighted by Gasteiger charge is -2.27. The van der Waals surface area contributed by atoms with Gasteiger partial charge >= 0.3 is 23.9 Å². The second kappa shape index (κ2) is 36.5. The third kappa shape index (κ3) is 20.8. The molecule has 0 radical (unpaired) electrons. The number of unbranched alkanes of at least 4 members (excludes halogenated alkanes) is 3. The lowest BCUT2D eigenvalue weighted by Crippen LogP contribution is -2.27. The third-order valence-electron chi connectivity index (χ3n) is 19.8. The summed E-state index contributed by atoms with van der Waals surface area (Å²) in [6.07, 6.45) is 21.0. The highest BCUT2D eigenvalue weighted by atomic mass is 16.6. The average molecular weight is 1380 g/mol. The van der Waals surface area contributed by atoms with Gasteiger partial charge < -0.3 is 56.8 Å². The van der Waals surface area contributed by atoms with Crippen molar-refractivity contribution in [1.29, 1.82) is 0 Å². The number of ether oxygens (including phenoxy) is 12. The molecule has 3 saturated carbocycles. The molecule has 18 heteroatoms. The van der Waals surface area contributed by atoms with Crippen LogP contribution in [0, 0.1) is 29.6 Å². The van der Waals surface area contributed by atoms with E-state index in [1.54, 1.807) is 24.3 Å². The van der Waals surface area contributed by atoms with Crippen LogP contribution in [0.25, 0.3) is 54.7 Å². The largest absolute Gasteiger partial charge is 0.494 e. The van der Waals surface area contributed by atoms with Crippen LogP contribution in [-0.4, -0.2) is 119 Å². The number of aromatic nitrogens is 2. The molecule has 1 aromatic heterocycles. The Balaban J connectivity index is 0.656. The predicted molar refractivity (Wildman–Crippen MR) is 387 cm³/mol. The van der Waals surface area contributed by atoms with Crippen molar-refractivity contribution in [2.75, 3.05) is 72.7 Å². The van der Waals surface area contributed by atoms with E-state index in [0.29, 0.717) is 94.5 Å². The van der Waals surface area contributed by atoms with Crippen LogP contribution in [0.15, 0.2) is 153 Å². The van der Waals surface area contributed by atoms with Crippen molar-refractivity contribution >= 4 is 67.5 Å². The summed E-state index contributed by atoms with van der Waals surface area (Å²) in [4.78, 5) is 60.4. The van der Waals surface area contributed by atoms with Crippen LogP contribution >= 0.6 is 0 Å². The maximum Gasteiger partial charge on any atom is 0.330 e. The Kier molecular flexibility index (Phi) is 25.9. The number of hydrogen-bond acceptors (Lipinski definition) is 18. The summed E-state index contributed by atoms with van der Waals surface area (Å²) in [6, 6.07) is 41.0. The van der Waals surface area contributed by atoms with E-state index in [9.17, 15) is 19.2 Å². The summed E-state index contributed by atoms with van der Waals surface area (Å²) in [7, 11) is 0. The zero-order valence-corrected chi connectivity index (χ0v) is 57.9. The molecule has 101 heavy (non-hydrogen) atoms. The number of esters is 4. The van der Waals surface area contributed by atoms with Gasteiger partial charge in [0, 0.05) is 42.6 Å². The van der Waals surface area contributed by atoms with E-state index in [4.69, 9.17) is 66.8 Å². The first-order valence-corrected chi connectivity index (χ1v) is 36.5. The Morgan fingerprint density at radius 3 is 1.58 bits per heavy atom. The summed E-state index contributed by atoms with van der Waals surface area (Å²) < 4.78 is 70.2. The molecule has 5 atom stereocenters. The van der Waals surface area contributed by atoms with Gasteiger partial charge in [0.1, 0.15) is 53.5 Å². The number of hydrogen-bond donors (Lipinski definition) is 0. The standard InChI is InChI=1S/C83H94N2O16/c1-3-78(86)95-43-8-6-5-7-42-92-63-26-30-65(31-27-63)99-82(88)59-15-9-13-57(18-22-59)54-97-68-34-36-70-71-37-35-69(98-55-58-19-23-60(24-20-58)83(89)100-66-32-28-64(29-33-66)93-44-12-41-90-40-11-14-56-21-39-76-77(49-56)101-76)53-73(71)81-80(72(70)52-68)84-74-38-25-62(51-75(74)85-81)61-16-10-17-67(50-61)94-47-45-91-46-48-96-79(87)4-2/h3-4,10,16-17,25-38,50-53,56-60,76-77H,1-2,5-9,11-15,18-24,39-49,54-55H2. The summed E-state index contributed by atoms with van der Waals surface area (Å²) >= 11 is 0. The van der Waals surface area contributed by atoms with E-state index in [0.717, 1.165) is 180 Å². The molecule has 18 nitrogen and oxygen atoms in total. The van der Waals surface area contributed by atoms with Crippen molar-refractivity contribution in [3.63, 3.8) is 0 Å². The van der Waals surface area contributed by atoms with Gasteiger partial charge in [0.15, 0.2) is 0 Å². The van der Waals surface area contributed by atoms with Crippen molar-refractivity contribution in [3.8, 4) is 51.4 Å². The van der Waals surface area contributed by atoms with E-state index in [-0.39, 0.29) is 48.8 Å². The number of epoxide rings is 1. The van der Waals surface area contributed by atoms with Gasteiger partial charge in [0.05, 0.1) is 92.4 Å². The van der Waals surface area contributed by atoms with Crippen LogP contribution in [0.4, 0.5) is 0 Å². The molecule has 4 fully saturated rings. The van der Waals surface area contributed by atoms with E-state index in [1.807, 2.05) is 72.8 Å². The van der Waals surface area contributed by atoms with Gasteiger partial charge in [-0.3, -0.25) is 9.59 Å². The minimum absolute atomic E-state index is 0.136. The highest BCUT2D eigenvalue weighted by Gasteiger charge is 2.43. The minimum Gasteiger partial charge on any atom is -0.494 e. The molecule has 0 amide bonds. The molecule has 5 unspecified atom stereocenters. The molecule has 0 N–H and O–H groups in total. The topological polar surface area (TPSA) is 208 Å². The van der Waals surface area contributed by atoms with Crippen LogP contribution < -0.4 is 33.2 Å². The van der Waals surface area contributed by atoms with Crippen molar-refractivity contribution in [3.05, 3.63) is 153 Å². The highest BCUT2D eigenvalue weighted by molar-refractivity contribution is 6.24. The van der Waals surface area contributed by atoms with Gasteiger partial charge in [-0.25, -0.2) is 19.6 Å². The summed E-state index contributed by atoms with van der Waals surface area (Å²) in [6.45, 7) is 11.8. The number of nitrogens with zero attached hydrogens (tertiary/aromatic N) is 2.